The Balaban J connectivity index is 2.00. The maximum absolute atomic E-state index is 13.4. The fourth-order valence-corrected chi connectivity index (χ4v) is 2.33. The van der Waals surface area contributed by atoms with E-state index in [4.69, 9.17) is 5.26 Å². The molecule has 0 unspecified atom stereocenters. The van der Waals surface area contributed by atoms with Crippen molar-refractivity contribution in [1.82, 2.24) is 9.78 Å². The molecular formula is C18H11F2N3O. The summed E-state index contributed by atoms with van der Waals surface area (Å²) in [5.74, 6) is -1.43. The highest BCUT2D eigenvalue weighted by atomic mass is 19.1. The summed E-state index contributed by atoms with van der Waals surface area (Å²) in [5, 5.41) is 13.1. The van der Waals surface area contributed by atoms with Gasteiger partial charge in [0, 0.05) is 17.7 Å². The summed E-state index contributed by atoms with van der Waals surface area (Å²) >= 11 is 0. The van der Waals surface area contributed by atoms with Gasteiger partial charge in [0.15, 0.2) is 0 Å². The van der Waals surface area contributed by atoms with Gasteiger partial charge < -0.3 is 0 Å². The maximum Gasteiger partial charge on any atom is 0.267 e. The third kappa shape index (κ3) is 3.36. The maximum atomic E-state index is 13.4. The normalized spacial score (nSPS) is 10.4. The molecule has 0 atom stereocenters. The average Bonchev–Trinajstić information content (AvgIpc) is 2.56. The van der Waals surface area contributed by atoms with E-state index < -0.39 is 11.6 Å². The summed E-state index contributed by atoms with van der Waals surface area (Å²) < 4.78 is 27.9. The summed E-state index contributed by atoms with van der Waals surface area (Å²) in [6.45, 7) is 0.153. The molecule has 1 heterocycles. The molecule has 0 fully saturated rings. The zero-order valence-corrected chi connectivity index (χ0v) is 12.4. The molecule has 3 rings (SSSR count). The van der Waals surface area contributed by atoms with Crippen LogP contribution in [0.2, 0.25) is 0 Å². The van der Waals surface area contributed by atoms with Crippen LogP contribution in [0.4, 0.5) is 8.78 Å². The molecule has 4 nitrogen and oxygen atoms in total. The Hall–Kier alpha value is -3.33. The highest BCUT2D eigenvalue weighted by Gasteiger charge is 2.08. The third-order valence-electron chi connectivity index (χ3n) is 3.41. The summed E-state index contributed by atoms with van der Waals surface area (Å²) in [6, 6.07) is 14.6. The van der Waals surface area contributed by atoms with Gasteiger partial charge in [-0.15, -0.1) is 0 Å². The van der Waals surface area contributed by atoms with E-state index in [9.17, 15) is 13.6 Å². The molecule has 0 spiro atoms. The standard InChI is InChI=1S/C18H11F2N3O/c19-15-7-14(8-16(20)9-15)17-4-5-18(24)23(22-17)11-13-3-1-2-12(6-13)10-21/h1-9H,11H2. The van der Waals surface area contributed by atoms with Gasteiger partial charge in [0.1, 0.15) is 11.6 Å². The van der Waals surface area contributed by atoms with E-state index in [1.54, 1.807) is 24.3 Å². The number of aromatic nitrogens is 2. The molecule has 2 aromatic carbocycles. The van der Waals surface area contributed by atoms with Crippen LogP contribution >= 0.6 is 0 Å². The van der Waals surface area contributed by atoms with Crippen molar-refractivity contribution in [3.63, 3.8) is 0 Å². The molecule has 118 valence electrons. The Morgan fingerprint density at radius 2 is 1.79 bits per heavy atom. The second-order valence-electron chi connectivity index (χ2n) is 5.18. The highest BCUT2D eigenvalue weighted by Crippen LogP contribution is 2.18. The zero-order chi connectivity index (χ0) is 17.1. The minimum atomic E-state index is -0.716. The summed E-state index contributed by atoms with van der Waals surface area (Å²) in [4.78, 5) is 12.0. The molecule has 0 saturated carbocycles. The lowest BCUT2D eigenvalue weighted by Gasteiger charge is -2.08. The number of benzene rings is 2. The van der Waals surface area contributed by atoms with E-state index in [1.165, 1.54) is 16.8 Å². The summed E-state index contributed by atoms with van der Waals surface area (Å²) in [5.41, 5.74) is 1.38. The quantitative estimate of drug-likeness (QED) is 0.744. The van der Waals surface area contributed by atoms with Crippen molar-refractivity contribution in [1.29, 1.82) is 5.26 Å². The molecule has 1 aromatic heterocycles. The zero-order valence-electron chi connectivity index (χ0n) is 12.4. The van der Waals surface area contributed by atoms with Gasteiger partial charge in [-0.25, -0.2) is 13.5 Å². The molecule has 0 aliphatic carbocycles. The van der Waals surface area contributed by atoms with E-state index in [0.717, 1.165) is 23.8 Å². The highest BCUT2D eigenvalue weighted by molar-refractivity contribution is 5.58. The first-order valence-electron chi connectivity index (χ1n) is 7.09. The minimum Gasteiger partial charge on any atom is -0.268 e. The lowest BCUT2D eigenvalue weighted by atomic mass is 10.1. The van der Waals surface area contributed by atoms with Crippen LogP contribution in [-0.4, -0.2) is 9.78 Å². The van der Waals surface area contributed by atoms with Crippen LogP contribution in [0.3, 0.4) is 0 Å². The number of nitrogens with zero attached hydrogens (tertiary/aromatic N) is 3. The van der Waals surface area contributed by atoms with Gasteiger partial charge >= 0.3 is 0 Å². The first-order chi connectivity index (χ1) is 11.5. The van der Waals surface area contributed by atoms with Crippen LogP contribution in [0, 0.1) is 23.0 Å². The second kappa shape index (κ2) is 6.42. The monoisotopic (exact) mass is 323 g/mol. The second-order valence-corrected chi connectivity index (χ2v) is 5.18. The van der Waals surface area contributed by atoms with Crippen LogP contribution in [0.5, 0.6) is 0 Å². The molecule has 3 aromatic rings. The Bertz CT molecular complexity index is 985. The van der Waals surface area contributed by atoms with E-state index in [-0.39, 0.29) is 23.4 Å². The van der Waals surface area contributed by atoms with Crippen LogP contribution in [0.15, 0.2) is 59.4 Å². The number of rotatable bonds is 3. The van der Waals surface area contributed by atoms with Crippen LogP contribution in [0.1, 0.15) is 11.1 Å². The first kappa shape index (κ1) is 15.6. The van der Waals surface area contributed by atoms with Crippen molar-refractivity contribution in [2.24, 2.45) is 0 Å². The topological polar surface area (TPSA) is 58.7 Å². The Labute approximate surface area is 136 Å². The SMILES string of the molecule is N#Cc1cccc(Cn2nc(-c3cc(F)cc(F)c3)ccc2=O)c1. The first-order valence-corrected chi connectivity index (χ1v) is 7.09. The molecule has 0 bridgehead atoms. The van der Waals surface area contributed by atoms with Gasteiger partial charge in [-0.1, -0.05) is 12.1 Å². The molecule has 0 amide bonds. The smallest absolute Gasteiger partial charge is 0.267 e. The van der Waals surface area contributed by atoms with E-state index in [1.807, 2.05) is 6.07 Å². The van der Waals surface area contributed by atoms with Crippen molar-refractivity contribution < 1.29 is 8.78 Å². The van der Waals surface area contributed by atoms with Crippen molar-refractivity contribution in [2.45, 2.75) is 6.54 Å². The van der Waals surface area contributed by atoms with Crippen LogP contribution in [0.25, 0.3) is 11.3 Å². The molecule has 24 heavy (non-hydrogen) atoms. The molecule has 0 saturated heterocycles. The number of hydrogen-bond acceptors (Lipinski definition) is 3. The number of nitriles is 1. The number of hydrogen-bond donors (Lipinski definition) is 0. The van der Waals surface area contributed by atoms with Gasteiger partial charge in [0.2, 0.25) is 0 Å². The van der Waals surface area contributed by atoms with Gasteiger partial charge in [-0.2, -0.15) is 10.4 Å². The van der Waals surface area contributed by atoms with Crippen molar-refractivity contribution in [3.8, 4) is 17.3 Å². The van der Waals surface area contributed by atoms with Crippen molar-refractivity contribution >= 4 is 0 Å². The van der Waals surface area contributed by atoms with Gasteiger partial charge in [0.05, 0.1) is 23.9 Å². The van der Waals surface area contributed by atoms with Crippen LogP contribution < -0.4 is 5.56 Å². The summed E-state index contributed by atoms with van der Waals surface area (Å²) in [6.07, 6.45) is 0. The van der Waals surface area contributed by atoms with E-state index in [2.05, 4.69) is 5.10 Å². The predicted octanol–water partition coefficient (Wildman–Crippen LogP) is 3.11. The lowest BCUT2D eigenvalue weighted by Crippen LogP contribution is -2.22. The van der Waals surface area contributed by atoms with Gasteiger partial charge in [0.25, 0.3) is 5.56 Å². The molecular weight excluding hydrogens is 312 g/mol. The Kier molecular flexibility index (Phi) is 4.17. The van der Waals surface area contributed by atoms with E-state index in [0.29, 0.717) is 5.56 Å². The number of halogens is 2. The van der Waals surface area contributed by atoms with Gasteiger partial charge in [-0.05, 0) is 35.9 Å². The average molecular weight is 323 g/mol. The largest absolute Gasteiger partial charge is 0.268 e. The Morgan fingerprint density at radius 3 is 2.50 bits per heavy atom. The minimum absolute atomic E-state index is 0.153. The Morgan fingerprint density at radius 1 is 1.04 bits per heavy atom. The molecule has 6 heteroatoms. The van der Waals surface area contributed by atoms with Crippen LogP contribution in [-0.2, 0) is 6.54 Å². The third-order valence-corrected chi connectivity index (χ3v) is 3.41. The molecule has 0 radical (unpaired) electrons. The fraction of sp³-hybridized carbons (Fsp3) is 0.0556. The van der Waals surface area contributed by atoms with E-state index >= 15 is 0 Å². The van der Waals surface area contributed by atoms with Crippen molar-refractivity contribution in [3.05, 3.63) is 87.7 Å². The molecule has 0 aliphatic heterocycles. The molecule has 0 aliphatic rings. The van der Waals surface area contributed by atoms with Crippen molar-refractivity contribution in [2.75, 3.05) is 0 Å². The molecule has 0 N–H and O–H groups in total. The fourth-order valence-electron chi connectivity index (χ4n) is 2.33. The van der Waals surface area contributed by atoms with Gasteiger partial charge in [-0.3, -0.25) is 4.79 Å². The summed E-state index contributed by atoms with van der Waals surface area (Å²) in [7, 11) is 0. The predicted molar refractivity (Wildman–Crippen MR) is 84.1 cm³/mol. The lowest BCUT2D eigenvalue weighted by molar-refractivity contribution is 0.583.